The van der Waals surface area contributed by atoms with Crippen molar-refractivity contribution in [3.63, 3.8) is 0 Å². The maximum absolute atomic E-state index is 12.8. The molecule has 0 unspecified atom stereocenters. The van der Waals surface area contributed by atoms with Gasteiger partial charge in [0.15, 0.2) is 0 Å². The first-order valence-corrected chi connectivity index (χ1v) is 10.1. The molecular weight excluding hydrogens is 374 g/mol. The number of halogens is 1. The number of nitrogens with one attached hydrogen (secondary N) is 1. The van der Waals surface area contributed by atoms with E-state index in [-0.39, 0.29) is 18.1 Å². The molecule has 3 rings (SSSR count). The number of benzene rings is 2. The normalized spacial score (nSPS) is 17.0. The maximum atomic E-state index is 12.8. The van der Waals surface area contributed by atoms with Crippen LogP contribution in [0.15, 0.2) is 54.6 Å². The number of rotatable bonds is 6. The van der Waals surface area contributed by atoms with Crippen molar-refractivity contribution < 1.29 is 9.53 Å². The van der Waals surface area contributed by atoms with E-state index < -0.39 is 0 Å². The molecule has 2 atom stereocenters. The Morgan fingerprint density at radius 1 is 1.11 bits per heavy atom. The smallest absolute Gasteiger partial charge is 0.317 e. The van der Waals surface area contributed by atoms with E-state index in [9.17, 15) is 4.79 Å². The molecule has 1 heterocycles. The molecule has 2 aromatic rings. The zero-order valence-electron chi connectivity index (χ0n) is 16.5. The molecule has 1 fully saturated rings. The number of nitrogens with zero attached hydrogens (tertiary/aromatic N) is 2. The van der Waals surface area contributed by atoms with Gasteiger partial charge in [-0.05, 0) is 30.2 Å². The number of amides is 2. The summed E-state index contributed by atoms with van der Waals surface area (Å²) in [5, 5.41) is 3.81. The molecule has 28 heavy (non-hydrogen) atoms. The Kier molecular flexibility index (Phi) is 7.31. The van der Waals surface area contributed by atoms with Gasteiger partial charge in [0, 0.05) is 31.7 Å². The topological polar surface area (TPSA) is 44.8 Å². The molecule has 6 heteroatoms. The van der Waals surface area contributed by atoms with Crippen molar-refractivity contribution in [2.45, 2.75) is 19.0 Å². The summed E-state index contributed by atoms with van der Waals surface area (Å²) in [5.74, 6) is 0. The van der Waals surface area contributed by atoms with Crippen LogP contribution in [0, 0.1) is 0 Å². The second-order valence-corrected chi connectivity index (χ2v) is 7.54. The molecule has 0 aromatic heterocycles. The van der Waals surface area contributed by atoms with Crippen LogP contribution in [0.2, 0.25) is 5.02 Å². The van der Waals surface area contributed by atoms with E-state index in [2.05, 4.69) is 22.3 Å². The molecule has 0 saturated carbocycles. The molecule has 0 aliphatic carbocycles. The lowest BCUT2D eigenvalue weighted by Crippen LogP contribution is -2.46. The largest absolute Gasteiger partial charge is 0.379 e. The minimum Gasteiger partial charge on any atom is -0.379 e. The average Bonchev–Trinajstić information content (AvgIpc) is 2.75. The molecule has 5 nitrogen and oxygen atoms in total. The lowest BCUT2D eigenvalue weighted by atomic mass is 10.0. The van der Waals surface area contributed by atoms with Crippen LogP contribution in [-0.2, 0) is 4.74 Å². The summed E-state index contributed by atoms with van der Waals surface area (Å²) in [7, 11) is 1.82. The third kappa shape index (κ3) is 5.25. The zero-order chi connectivity index (χ0) is 19.9. The molecule has 0 spiro atoms. The SMILES string of the molecule is C[C@H](c1ccc(Cl)cc1)N(C)C(=O)NC[C@H](c1ccccc1)N1CCOCC1. The monoisotopic (exact) mass is 401 g/mol. The van der Waals surface area contributed by atoms with Crippen molar-refractivity contribution in [3.05, 3.63) is 70.7 Å². The zero-order valence-corrected chi connectivity index (χ0v) is 17.2. The number of carbonyl (C=O) groups is 1. The quantitative estimate of drug-likeness (QED) is 0.792. The van der Waals surface area contributed by atoms with Crippen molar-refractivity contribution in [1.82, 2.24) is 15.1 Å². The molecule has 0 radical (unpaired) electrons. The standard InChI is InChI=1S/C22H28ClN3O2/c1-17(18-8-10-20(23)11-9-18)25(2)22(27)24-16-21(19-6-4-3-5-7-19)26-12-14-28-15-13-26/h3-11,17,21H,12-16H2,1-2H3,(H,24,27)/t17-,21-/m1/s1. The van der Waals surface area contributed by atoms with Gasteiger partial charge in [0.1, 0.15) is 0 Å². The van der Waals surface area contributed by atoms with Gasteiger partial charge in [-0.25, -0.2) is 4.79 Å². The summed E-state index contributed by atoms with van der Waals surface area (Å²) in [6.07, 6.45) is 0. The van der Waals surface area contributed by atoms with Crippen LogP contribution >= 0.6 is 11.6 Å². The highest BCUT2D eigenvalue weighted by atomic mass is 35.5. The number of hydrogen-bond donors (Lipinski definition) is 1. The predicted octanol–water partition coefficient (Wildman–Crippen LogP) is 4.12. The highest BCUT2D eigenvalue weighted by Crippen LogP contribution is 2.23. The van der Waals surface area contributed by atoms with E-state index in [0.29, 0.717) is 11.6 Å². The Bertz CT molecular complexity index is 748. The minimum absolute atomic E-state index is 0.0455. The van der Waals surface area contributed by atoms with Crippen LogP contribution in [0.4, 0.5) is 4.79 Å². The number of ether oxygens (including phenoxy) is 1. The van der Waals surface area contributed by atoms with Crippen LogP contribution < -0.4 is 5.32 Å². The fourth-order valence-corrected chi connectivity index (χ4v) is 3.60. The molecule has 1 aliphatic heterocycles. The van der Waals surface area contributed by atoms with Gasteiger partial charge in [0.05, 0.1) is 25.3 Å². The predicted molar refractivity (Wildman–Crippen MR) is 113 cm³/mol. The van der Waals surface area contributed by atoms with E-state index in [1.165, 1.54) is 5.56 Å². The van der Waals surface area contributed by atoms with Crippen molar-refractivity contribution >= 4 is 17.6 Å². The van der Waals surface area contributed by atoms with Crippen LogP contribution in [0.1, 0.15) is 30.1 Å². The van der Waals surface area contributed by atoms with Gasteiger partial charge in [-0.1, -0.05) is 54.1 Å². The van der Waals surface area contributed by atoms with Crippen molar-refractivity contribution in [1.29, 1.82) is 0 Å². The van der Waals surface area contributed by atoms with Gasteiger partial charge in [0.2, 0.25) is 0 Å². The molecule has 1 saturated heterocycles. The Morgan fingerprint density at radius 3 is 2.39 bits per heavy atom. The van der Waals surface area contributed by atoms with E-state index in [0.717, 1.165) is 31.9 Å². The van der Waals surface area contributed by atoms with E-state index in [1.807, 2.05) is 56.4 Å². The molecule has 1 aliphatic rings. The maximum Gasteiger partial charge on any atom is 0.317 e. The third-order valence-electron chi connectivity index (χ3n) is 5.37. The van der Waals surface area contributed by atoms with Crippen LogP contribution in [0.3, 0.4) is 0 Å². The van der Waals surface area contributed by atoms with Gasteiger partial charge >= 0.3 is 6.03 Å². The van der Waals surface area contributed by atoms with Gasteiger partial charge in [0.25, 0.3) is 0 Å². The molecule has 1 N–H and O–H groups in total. The second kappa shape index (κ2) is 9.92. The third-order valence-corrected chi connectivity index (χ3v) is 5.62. The van der Waals surface area contributed by atoms with Gasteiger partial charge in [-0.2, -0.15) is 0 Å². The van der Waals surface area contributed by atoms with Gasteiger partial charge in [-0.3, -0.25) is 4.90 Å². The summed E-state index contributed by atoms with van der Waals surface area (Å²) in [6, 6.07) is 17.9. The summed E-state index contributed by atoms with van der Waals surface area (Å²) >= 11 is 5.97. The van der Waals surface area contributed by atoms with Crippen LogP contribution in [0.5, 0.6) is 0 Å². The average molecular weight is 402 g/mol. The number of carbonyl (C=O) groups excluding carboxylic acids is 1. The highest BCUT2D eigenvalue weighted by molar-refractivity contribution is 6.30. The number of morpholine rings is 1. The minimum atomic E-state index is -0.0864. The first kappa shape index (κ1) is 20.6. The first-order chi connectivity index (χ1) is 13.6. The van der Waals surface area contributed by atoms with Crippen molar-refractivity contribution in [2.24, 2.45) is 0 Å². The van der Waals surface area contributed by atoms with E-state index in [1.54, 1.807) is 4.90 Å². The summed E-state index contributed by atoms with van der Waals surface area (Å²) < 4.78 is 5.49. The molecule has 0 bridgehead atoms. The molecule has 2 aromatic carbocycles. The Balaban J connectivity index is 1.64. The number of urea groups is 1. The summed E-state index contributed by atoms with van der Waals surface area (Å²) in [5.41, 5.74) is 2.26. The fraction of sp³-hybridized carbons (Fsp3) is 0.409. The second-order valence-electron chi connectivity index (χ2n) is 7.10. The fourth-order valence-electron chi connectivity index (χ4n) is 3.47. The highest BCUT2D eigenvalue weighted by Gasteiger charge is 2.24. The number of hydrogen-bond acceptors (Lipinski definition) is 3. The Hall–Kier alpha value is -2.08. The first-order valence-electron chi connectivity index (χ1n) is 9.69. The lowest BCUT2D eigenvalue weighted by molar-refractivity contribution is 0.0164. The van der Waals surface area contributed by atoms with Crippen LogP contribution in [0.25, 0.3) is 0 Å². The van der Waals surface area contributed by atoms with E-state index in [4.69, 9.17) is 16.3 Å². The molecule has 150 valence electrons. The van der Waals surface area contributed by atoms with Gasteiger partial charge in [-0.15, -0.1) is 0 Å². The Labute approximate surface area is 172 Å². The Morgan fingerprint density at radius 2 is 1.75 bits per heavy atom. The lowest BCUT2D eigenvalue weighted by Gasteiger charge is -2.35. The molecule has 2 amide bonds. The van der Waals surface area contributed by atoms with E-state index >= 15 is 0 Å². The van der Waals surface area contributed by atoms with Crippen LogP contribution in [-0.4, -0.2) is 55.7 Å². The van der Waals surface area contributed by atoms with Crippen molar-refractivity contribution in [2.75, 3.05) is 39.9 Å². The summed E-state index contributed by atoms with van der Waals surface area (Å²) in [6.45, 7) is 5.76. The summed E-state index contributed by atoms with van der Waals surface area (Å²) in [4.78, 5) is 16.9. The van der Waals surface area contributed by atoms with Crippen molar-refractivity contribution in [3.8, 4) is 0 Å². The van der Waals surface area contributed by atoms with Gasteiger partial charge < -0.3 is 15.0 Å². The molecular formula is C22H28ClN3O2.